The molecule has 17 heavy (non-hydrogen) atoms. The standard InChI is InChI=1S/C12H18N2O3/c1-12(2)9(15)13-11(17)14(10(12)16)7-6-8-4-3-5-8/h8H,3-7H2,1-2H3,(H,13,15,17). The monoisotopic (exact) mass is 238 g/mol. The molecule has 5 heteroatoms. The third-order valence-electron chi connectivity index (χ3n) is 3.80. The van der Waals surface area contributed by atoms with Crippen LogP contribution in [0.15, 0.2) is 0 Å². The second-order valence-corrected chi connectivity index (χ2v) is 5.43. The van der Waals surface area contributed by atoms with Crippen LogP contribution < -0.4 is 5.32 Å². The smallest absolute Gasteiger partial charge is 0.277 e. The zero-order chi connectivity index (χ0) is 12.6. The van der Waals surface area contributed by atoms with Gasteiger partial charge in [0.1, 0.15) is 5.41 Å². The first-order valence-electron chi connectivity index (χ1n) is 6.10. The number of hydrogen-bond acceptors (Lipinski definition) is 3. The van der Waals surface area contributed by atoms with Gasteiger partial charge in [0, 0.05) is 6.54 Å². The summed E-state index contributed by atoms with van der Waals surface area (Å²) in [6.07, 6.45) is 4.47. The molecular formula is C12H18N2O3. The number of urea groups is 1. The van der Waals surface area contributed by atoms with Crippen molar-refractivity contribution < 1.29 is 14.4 Å². The zero-order valence-corrected chi connectivity index (χ0v) is 10.3. The van der Waals surface area contributed by atoms with Crippen LogP contribution in [0.5, 0.6) is 0 Å². The number of barbiturate groups is 1. The topological polar surface area (TPSA) is 66.5 Å². The van der Waals surface area contributed by atoms with Crippen LogP contribution in [0.1, 0.15) is 39.5 Å². The van der Waals surface area contributed by atoms with E-state index in [9.17, 15) is 14.4 Å². The van der Waals surface area contributed by atoms with Crippen molar-refractivity contribution in [2.75, 3.05) is 6.54 Å². The highest BCUT2D eigenvalue weighted by molar-refractivity contribution is 6.18. The number of amides is 4. The molecule has 94 valence electrons. The zero-order valence-electron chi connectivity index (χ0n) is 10.3. The molecule has 4 amide bonds. The van der Waals surface area contributed by atoms with E-state index in [1.165, 1.54) is 24.2 Å². The third kappa shape index (κ3) is 2.06. The molecule has 2 fully saturated rings. The number of hydrogen-bond donors (Lipinski definition) is 1. The van der Waals surface area contributed by atoms with Crippen molar-refractivity contribution in [3.05, 3.63) is 0 Å². The van der Waals surface area contributed by atoms with Gasteiger partial charge in [0.05, 0.1) is 0 Å². The Labute approximate surface area is 101 Å². The van der Waals surface area contributed by atoms with E-state index in [0.717, 1.165) is 6.42 Å². The van der Waals surface area contributed by atoms with Gasteiger partial charge in [-0.25, -0.2) is 4.79 Å². The Kier molecular flexibility index (Phi) is 2.93. The summed E-state index contributed by atoms with van der Waals surface area (Å²) in [5.41, 5.74) is -1.13. The van der Waals surface area contributed by atoms with Gasteiger partial charge < -0.3 is 0 Å². The fourth-order valence-electron chi connectivity index (χ4n) is 2.14. The van der Waals surface area contributed by atoms with Gasteiger partial charge in [0.15, 0.2) is 0 Å². The summed E-state index contributed by atoms with van der Waals surface area (Å²) in [7, 11) is 0. The molecule has 1 heterocycles. The molecule has 1 N–H and O–H groups in total. The lowest BCUT2D eigenvalue weighted by atomic mass is 9.82. The number of carbonyl (C=O) groups excluding carboxylic acids is 3. The molecule has 0 spiro atoms. The molecule has 0 bridgehead atoms. The summed E-state index contributed by atoms with van der Waals surface area (Å²) in [5, 5.41) is 2.24. The van der Waals surface area contributed by atoms with Gasteiger partial charge >= 0.3 is 6.03 Å². The van der Waals surface area contributed by atoms with Crippen LogP contribution >= 0.6 is 0 Å². The van der Waals surface area contributed by atoms with Crippen molar-refractivity contribution in [2.45, 2.75) is 39.5 Å². The van der Waals surface area contributed by atoms with Crippen molar-refractivity contribution in [1.82, 2.24) is 10.2 Å². The maximum absolute atomic E-state index is 12.0. The van der Waals surface area contributed by atoms with Crippen LogP contribution in [0.3, 0.4) is 0 Å². The Balaban J connectivity index is 2.01. The Morgan fingerprint density at radius 2 is 1.94 bits per heavy atom. The SMILES string of the molecule is CC1(C)C(=O)NC(=O)N(CCC2CCC2)C1=O. The normalized spacial score (nSPS) is 24.6. The molecule has 1 saturated carbocycles. The van der Waals surface area contributed by atoms with E-state index >= 15 is 0 Å². The molecule has 1 aliphatic heterocycles. The van der Waals surface area contributed by atoms with Crippen molar-refractivity contribution in [2.24, 2.45) is 11.3 Å². The van der Waals surface area contributed by atoms with E-state index in [1.54, 1.807) is 13.8 Å². The molecule has 0 aromatic heterocycles. The van der Waals surface area contributed by atoms with Crippen LogP contribution in [0.2, 0.25) is 0 Å². The highest BCUT2D eigenvalue weighted by Gasteiger charge is 2.46. The molecule has 1 aliphatic carbocycles. The van der Waals surface area contributed by atoms with E-state index in [2.05, 4.69) is 5.32 Å². The van der Waals surface area contributed by atoms with E-state index < -0.39 is 17.4 Å². The average Bonchev–Trinajstić information content (AvgIpc) is 2.18. The van der Waals surface area contributed by atoms with E-state index in [0.29, 0.717) is 12.5 Å². The average molecular weight is 238 g/mol. The Bertz CT molecular complexity index is 372. The van der Waals surface area contributed by atoms with Crippen LogP contribution in [0.4, 0.5) is 4.79 Å². The molecule has 5 nitrogen and oxygen atoms in total. The van der Waals surface area contributed by atoms with Gasteiger partial charge in [0.2, 0.25) is 11.8 Å². The summed E-state index contributed by atoms with van der Waals surface area (Å²) in [5.74, 6) is -0.255. The summed E-state index contributed by atoms with van der Waals surface area (Å²) in [6.45, 7) is 3.52. The Morgan fingerprint density at radius 1 is 1.29 bits per heavy atom. The molecular weight excluding hydrogens is 220 g/mol. The molecule has 0 unspecified atom stereocenters. The fraction of sp³-hybridized carbons (Fsp3) is 0.750. The van der Waals surface area contributed by atoms with Gasteiger partial charge in [-0.2, -0.15) is 0 Å². The Hall–Kier alpha value is -1.39. The van der Waals surface area contributed by atoms with Crippen molar-refractivity contribution in [1.29, 1.82) is 0 Å². The van der Waals surface area contributed by atoms with Crippen LogP contribution in [-0.4, -0.2) is 29.3 Å². The summed E-state index contributed by atoms with van der Waals surface area (Å²) >= 11 is 0. The highest BCUT2D eigenvalue weighted by atomic mass is 16.2. The quantitative estimate of drug-likeness (QED) is 0.753. The van der Waals surface area contributed by atoms with E-state index in [1.807, 2.05) is 0 Å². The van der Waals surface area contributed by atoms with Gasteiger partial charge in [-0.05, 0) is 26.2 Å². The van der Waals surface area contributed by atoms with Gasteiger partial charge in [-0.15, -0.1) is 0 Å². The summed E-state index contributed by atoms with van der Waals surface area (Å²) in [6, 6.07) is -0.571. The number of nitrogens with one attached hydrogen (secondary N) is 1. The molecule has 2 aliphatic rings. The first kappa shape index (κ1) is 12.1. The largest absolute Gasteiger partial charge is 0.330 e. The molecule has 0 radical (unpaired) electrons. The van der Waals surface area contributed by atoms with Crippen LogP contribution in [0.25, 0.3) is 0 Å². The van der Waals surface area contributed by atoms with E-state index in [-0.39, 0.29) is 5.91 Å². The van der Waals surface area contributed by atoms with Crippen molar-refractivity contribution in [3.8, 4) is 0 Å². The molecule has 0 aromatic carbocycles. The second kappa shape index (κ2) is 4.13. The molecule has 2 rings (SSSR count). The van der Waals surface area contributed by atoms with Crippen molar-refractivity contribution in [3.63, 3.8) is 0 Å². The maximum Gasteiger partial charge on any atom is 0.330 e. The fourth-order valence-corrected chi connectivity index (χ4v) is 2.14. The number of imide groups is 2. The lowest BCUT2D eigenvalue weighted by Gasteiger charge is -2.36. The van der Waals surface area contributed by atoms with Gasteiger partial charge in [0.25, 0.3) is 0 Å². The number of rotatable bonds is 3. The maximum atomic E-state index is 12.0. The first-order chi connectivity index (χ1) is 7.93. The predicted molar refractivity (Wildman–Crippen MR) is 61.0 cm³/mol. The minimum atomic E-state index is -1.13. The van der Waals surface area contributed by atoms with E-state index in [4.69, 9.17) is 0 Å². The predicted octanol–water partition coefficient (Wildman–Crippen LogP) is 1.28. The lowest BCUT2D eigenvalue weighted by Crippen LogP contribution is -2.62. The molecule has 0 atom stereocenters. The van der Waals surface area contributed by atoms with Gasteiger partial charge in [-0.3, -0.25) is 19.8 Å². The minimum absolute atomic E-state index is 0.384. The Morgan fingerprint density at radius 3 is 2.47 bits per heavy atom. The molecule has 0 aromatic rings. The number of nitrogens with zero attached hydrogens (tertiary/aromatic N) is 1. The molecule has 1 saturated heterocycles. The van der Waals surface area contributed by atoms with Crippen LogP contribution in [-0.2, 0) is 9.59 Å². The second-order valence-electron chi connectivity index (χ2n) is 5.43. The summed E-state index contributed by atoms with van der Waals surface area (Å²) < 4.78 is 0. The third-order valence-corrected chi connectivity index (χ3v) is 3.80. The summed E-state index contributed by atoms with van der Waals surface area (Å²) in [4.78, 5) is 36.3. The lowest BCUT2D eigenvalue weighted by molar-refractivity contribution is -0.149. The first-order valence-corrected chi connectivity index (χ1v) is 6.10. The minimum Gasteiger partial charge on any atom is -0.277 e. The number of carbonyl (C=O) groups is 3. The van der Waals surface area contributed by atoms with Crippen molar-refractivity contribution >= 4 is 17.8 Å². The van der Waals surface area contributed by atoms with Gasteiger partial charge in [-0.1, -0.05) is 19.3 Å². The van der Waals surface area contributed by atoms with Crippen LogP contribution in [0, 0.1) is 11.3 Å². The highest BCUT2D eigenvalue weighted by Crippen LogP contribution is 2.30.